The van der Waals surface area contributed by atoms with E-state index in [4.69, 9.17) is 14.9 Å². The minimum atomic E-state index is 0. The maximum absolute atomic E-state index is 5.32. The molecule has 32 heteroatoms. The van der Waals surface area contributed by atoms with Gasteiger partial charge in [0.15, 0.2) is 17.4 Å². The highest BCUT2D eigenvalue weighted by Gasteiger charge is 2.02. The van der Waals surface area contributed by atoms with E-state index in [1.165, 1.54) is 69.7 Å². The van der Waals surface area contributed by atoms with Crippen LogP contribution in [0.25, 0.3) is 65.1 Å². The normalized spacial score (nSPS) is 9.95. The van der Waals surface area contributed by atoms with Gasteiger partial charge in [-0.15, -0.1) is 55.5 Å². The molecule has 0 amide bonds. The minimum Gasteiger partial charge on any atom is -0.479 e. The molecule has 0 saturated heterocycles. The van der Waals surface area contributed by atoms with Crippen molar-refractivity contribution in [3.63, 3.8) is 0 Å². The molecule has 25 nitrogen and oxygen atoms in total. The van der Waals surface area contributed by atoms with E-state index in [0.717, 1.165) is 124 Å². The molecule has 0 aliphatic carbocycles. The summed E-state index contributed by atoms with van der Waals surface area (Å²) < 4.78 is 27.9. The van der Waals surface area contributed by atoms with Crippen molar-refractivity contribution >= 4 is 157 Å². The Bertz CT molecular complexity index is 5980. The van der Waals surface area contributed by atoms with Gasteiger partial charge in [0.25, 0.3) is 0 Å². The fourth-order valence-electron chi connectivity index (χ4n) is 10.2. The van der Waals surface area contributed by atoms with Crippen LogP contribution in [0.4, 0.5) is 5.82 Å². The number of aromatic amines is 3. The number of aromatic nitrogens is 20. The fraction of sp³-hybridized carbons (Fsp3) is 0.208. The van der Waals surface area contributed by atoms with Crippen LogP contribution in [0, 0.1) is 111 Å². The molecule has 0 fully saturated rings. The Kier molecular flexibility index (Phi) is 52.8. The summed E-state index contributed by atoms with van der Waals surface area (Å²) in [6.07, 6.45) is 19.2. The molecule has 0 radical (unpaired) electrons. The van der Waals surface area contributed by atoms with Gasteiger partial charge in [-0.1, -0.05) is 129 Å². The Morgan fingerprint density at radius 1 is 0.436 bits per heavy atom. The molecule has 1 aliphatic rings. The molecule has 23 rings (SSSR count). The van der Waals surface area contributed by atoms with E-state index in [-0.39, 0.29) is 14.9 Å². The van der Waals surface area contributed by atoms with Crippen LogP contribution in [0.2, 0.25) is 0 Å². The number of para-hydroxylation sites is 7. The molecular formula is C101H118N22O3S7. The van der Waals surface area contributed by atoms with Crippen molar-refractivity contribution in [1.29, 1.82) is 0 Å². The molecule has 5 N–H and O–H groups in total. The van der Waals surface area contributed by atoms with Gasteiger partial charge in [0.05, 0.1) is 66.8 Å². The summed E-state index contributed by atoms with van der Waals surface area (Å²) in [5.74, 6) is 5.00. The van der Waals surface area contributed by atoms with E-state index in [0.29, 0.717) is 5.82 Å². The first-order valence-electron chi connectivity index (χ1n) is 41.1. The number of nitrogens with zero attached hydrogens (tertiary/aromatic N) is 18. The molecule has 133 heavy (non-hydrogen) atoms. The van der Waals surface area contributed by atoms with Gasteiger partial charge < -0.3 is 29.4 Å². The average molecular weight is 1910 g/mol. The molecule has 0 spiro atoms. The highest BCUT2D eigenvalue weighted by atomic mass is 32.1. The molecule has 0 atom stereocenters. The Balaban J connectivity index is 0.000000251. The molecule has 692 valence electrons. The van der Waals surface area contributed by atoms with Gasteiger partial charge in [0.1, 0.15) is 57.2 Å². The molecule has 0 unspecified atom stereocenters. The topological polar surface area (TPSA) is 340 Å². The van der Waals surface area contributed by atoms with Crippen molar-refractivity contribution in [1.82, 2.24) is 98.5 Å². The summed E-state index contributed by atoms with van der Waals surface area (Å²) in [7, 11) is 0. The van der Waals surface area contributed by atoms with E-state index < -0.39 is 0 Å². The van der Waals surface area contributed by atoms with Gasteiger partial charge in [-0.25, -0.2) is 29.3 Å². The first-order chi connectivity index (χ1) is 63.4. The molecule has 17 heterocycles. The third kappa shape index (κ3) is 46.0. The van der Waals surface area contributed by atoms with Crippen LogP contribution in [-0.4, -0.2) is 118 Å². The number of aliphatic imine (C=N–C) groups is 1. The fourth-order valence-corrected chi connectivity index (χ4v) is 13.7. The number of benzene rings is 6. The average Bonchev–Trinajstić information content (AvgIpc) is 1.57. The van der Waals surface area contributed by atoms with Crippen molar-refractivity contribution in [2.75, 3.05) is 18.9 Å². The standard InChI is InChI=1S/2C10H9N.C8H8N2.C8H7NO.2C8H7NS.2C6H7N.C5H6S.C4H7N3.C4H6N2.C4H7NO.C4H5NO.2C4H5NS.2C3H4N2S.2CH4/c1-8-6-7-11-10-5-3-2-4-9(8)10;1-8-6-7-9-4-2-3-5-10(9)11-8;3*1-6-9-7-4-2-3-5-8(7)10-6;1-6-7-4-2-3-5-8(7)9-10-6;1-6-2-4-7-5-3-6;1-6-4-2-3-5-7-6;1-5-3-2-4-6-5;1-3-2-6-7-4(3)5;2*1-4-5-2-3-6-4;1-4-2-3-5-6-4;1-4-5-2-3-6-4;1-4-2-3-5-6-4;1-3-5-4-2-6-3;1-3-4-2-5-6-3;;/h2*2-7H,1H3;2-5H,1H3,(H,9,10);3*2-5H,1H3;2*2-5H,1H3;2-4H,1H3;2H,1H3,(H3,5,6,7);2-3H,1H3,(H,5,6);2-3H2,1H3;3*2-3H,1H3;2*2H,1H3;2*1H4. The number of fused-ring (bicyclic) bond motifs is 6. The Morgan fingerprint density at radius 3 is 1.57 bits per heavy atom. The van der Waals surface area contributed by atoms with Crippen molar-refractivity contribution in [2.45, 2.75) is 133 Å². The number of H-pyrrole nitrogens is 3. The summed E-state index contributed by atoms with van der Waals surface area (Å²) in [5, 5.41) is 29.1. The van der Waals surface area contributed by atoms with Crippen molar-refractivity contribution in [2.24, 2.45) is 4.99 Å². The maximum Gasteiger partial charge on any atom is 0.192 e. The Hall–Kier alpha value is -13.9. The summed E-state index contributed by atoms with van der Waals surface area (Å²) >= 11 is 11.3. The van der Waals surface area contributed by atoms with E-state index in [1.54, 1.807) is 131 Å². The zero-order chi connectivity index (χ0) is 94.0. The Labute approximate surface area is 808 Å². The molecule has 16 aromatic heterocycles. The van der Waals surface area contributed by atoms with E-state index in [9.17, 15) is 0 Å². The van der Waals surface area contributed by atoms with E-state index in [1.807, 2.05) is 278 Å². The van der Waals surface area contributed by atoms with Crippen LogP contribution in [-0.2, 0) is 4.74 Å². The second kappa shape index (κ2) is 64.0. The predicted octanol–water partition coefficient (Wildman–Crippen LogP) is 27.4. The molecule has 1 aliphatic heterocycles. The zero-order valence-corrected chi connectivity index (χ0v) is 82.2. The van der Waals surface area contributed by atoms with Crippen LogP contribution in [0.5, 0.6) is 0 Å². The quantitative estimate of drug-likeness (QED) is 0.110. The van der Waals surface area contributed by atoms with Crippen LogP contribution in [0.3, 0.4) is 0 Å². The predicted molar refractivity (Wildman–Crippen MR) is 561 cm³/mol. The van der Waals surface area contributed by atoms with Crippen molar-refractivity contribution in [3.05, 3.63) is 389 Å². The van der Waals surface area contributed by atoms with E-state index >= 15 is 0 Å². The number of oxazole rings is 1. The second-order valence-electron chi connectivity index (χ2n) is 27.6. The van der Waals surface area contributed by atoms with Gasteiger partial charge in [-0.2, -0.15) is 13.8 Å². The number of ether oxygens (including phenoxy) is 1. The van der Waals surface area contributed by atoms with Crippen LogP contribution in [0.1, 0.15) is 108 Å². The molecular weight excluding hydrogens is 1790 g/mol. The number of anilines is 1. The van der Waals surface area contributed by atoms with Crippen LogP contribution in [0.15, 0.2) is 317 Å². The van der Waals surface area contributed by atoms with Gasteiger partial charge in [0.2, 0.25) is 0 Å². The third-order valence-corrected chi connectivity index (χ3v) is 21.8. The van der Waals surface area contributed by atoms with Gasteiger partial charge in [-0.3, -0.25) is 35.0 Å². The number of nitrogens with one attached hydrogen (secondary N) is 3. The first-order valence-corrected chi connectivity index (χ1v) is 46.9. The number of thiazole rings is 2. The van der Waals surface area contributed by atoms with Crippen LogP contribution < -0.4 is 5.73 Å². The monoisotopic (exact) mass is 1910 g/mol. The summed E-state index contributed by atoms with van der Waals surface area (Å²) in [4.78, 5) is 54.7. The number of hydrogen-bond acceptors (Lipinski definition) is 29. The van der Waals surface area contributed by atoms with Crippen molar-refractivity contribution < 1.29 is 13.7 Å². The van der Waals surface area contributed by atoms with Gasteiger partial charge in [-0.05, 0) is 258 Å². The summed E-state index contributed by atoms with van der Waals surface area (Å²) in [6.45, 7) is 35.2. The maximum atomic E-state index is 5.32. The number of aryl methyl sites for hydroxylation is 16. The largest absolute Gasteiger partial charge is 0.479 e. The number of hydrogen-bond donors (Lipinski definition) is 4. The number of thiophene rings is 1. The highest BCUT2D eigenvalue weighted by molar-refractivity contribution is 7.18. The molecule has 6 aromatic carbocycles. The highest BCUT2D eigenvalue weighted by Crippen LogP contribution is 2.22. The number of rotatable bonds is 0. The van der Waals surface area contributed by atoms with Crippen molar-refractivity contribution in [3.8, 4) is 0 Å². The molecule has 0 saturated carbocycles. The number of nitrogen functional groups attached to an aromatic ring is 1. The number of nitrogens with two attached hydrogens (primary N) is 1. The SMILES string of the molecule is C.C.CC1=NCCO1.Cc1ccc2ccccc2n1.Cc1ccccn1.Cc1cccs1.Cc1ccnc2ccccc12.Cc1ccncc1.Cc1ccno1.Cc1ccns1.Cc1cn[nH]c1N.Cc1nc2ccccc2[nH]1.Cc1nc2ccccc2o1.Cc1nc2ccccc2s1.Cc1ncc[nH]1.Cc1nccs1.Cc1ncns1.Cc1nncs1.Cc1snc2ccccc12. The minimum absolute atomic E-state index is 0. The summed E-state index contributed by atoms with van der Waals surface area (Å²) in [6, 6.07) is 72.4. The zero-order valence-electron chi connectivity index (χ0n) is 76.5. The number of pyridine rings is 4. The lowest BCUT2D eigenvalue weighted by Crippen LogP contribution is -1.89. The second-order valence-corrected chi connectivity index (χ2v) is 35.1. The lowest BCUT2D eigenvalue weighted by molar-refractivity contribution is 0.345. The van der Waals surface area contributed by atoms with E-state index in [2.05, 4.69) is 177 Å². The lowest BCUT2D eigenvalue weighted by Gasteiger charge is -1.97. The smallest absolute Gasteiger partial charge is 0.192 e. The third-order valence-electron chi connectivity index (χ3n) is 16.7. The first kappa shape index (κ1) is 110. The van der Waals surface area contributed by atoms with Gasteiger partial charge >= 0.3 is 0 Å². The Morgan fingerprint density at radius 2 is 1.14 bits per heavy atom. The molecule has 0 bridgehead atoms. The molecule has 22 aromatic rings. The summed E-state index contributed by atoms with van der Waals surface area (Å²) in [5.41, 5.74) is 21.1. The van der Waals surface area contributed by atoms with Gasteiger partial charge in [0, 0.05) is 123 Å². The van der Waals surface area contributed by atoms with Crippen LogP contribution >= 0.6 is 79.9 Å². The lowest BCUT2D eigenvalue weighted by atomic mass is 10.1. The number of imidazole rings is 2.